The van der Waals surface area contributed by atoms with Gasteiger partial charge in [0.25, 0.3) is 5.56 Å². The monoisotopic (exact) mass is 754 g/mol. The van der Waals surface area contributed by atoms with Crippen LogP contribution in [0.25, 0.3) is 0 Å². The second kappa shape index (κ2) is 14.7. The Morgan fingerprint density at radius 3 is 2.30 bits per heavy atom. The Kier molecular flexibility index (Phi) is 10.7. The lowest BCUT2D eigenvalue weighted by atomic mass is 9.69. The molecule has 53 heavy (non-hydrogen) atoms. The van der Waals surface area contributed by atoms with E-state index in [2.05, 4.69) is 10.6 Å². The van der Waals surface area contributed by atoms with Crippen LogP contribution in [0.1, 0.15) is 54.2 Å². The summed E-state index contributed by atoms with van der Waals surface area (Å²) in [5.41, 5.74) is -3.18. The van der Waals surface area contributed by atoms with Crippen molar-refractivity contribution >= 4 is 35.0 Å². The molecule has 0 saturated heterocycles. The van der Waals surface area contributed by atoms with Crippen molar-refractivity contribution < 1.29 is 48.3 Å². The van der Waals surface area contributed by atoms with Gasteiger partial charge in [-0.1, -0.05) is 24.6 Å². The number of methoxy groups -OCH3 is 3. The highest BCUT2D eigenvalue weighted by atomic mass is 35.5. The maximum atomic E-state index is 14.3. The number of allylic oxidation sites excluding steroid dienone is 1. The van der Waals surface area contributed by atoms with Gasteiger partial charge < -0.3 is 39.8 Å². The second-order valence-electron chi connectivity index (χ2n) is 12.8. The largest absolute Gasteiger partial charge is 0.507 e. The summed E-state index contributed by atoms with van der Waals surface area (Å²) < 4.78 is 24.4. The van der Waals surface area contributed by atoms with Crippen LogP contribution in [0.2, 0.25) is 5.02 Å². The number of ether oxygens (including phenoxy) is 4. The molecule has 0 fully saturated rings. The van der Waals surface area contributed by atoms with Gasteiger partial charge in [0, 0.05) is 62.2 Å². The first kappa shape index (κ1) is 38.5. The van der Waals surface area contributed by atoms with Crippen LogP contribution in [0.3, 0.4) is 0 Å². The van der Waals surface area contributed by atoms with E-state index >= 15 is 0 Å². The average Bonchev–Trinajstić information content (AvgIpc) is 3.44. The van der Waals surface area contributed by atoms with Gasteiger partial charge in [0.05, 0.1) is 27.9 Å². The number of fused-ring (bicyclic) bond motifs is 1. The highest BCUT2D eigenvalue weighted by Crippen LogP contribution is 2.56. The third kappa shape index (κ3) is 6.58. The number of aliphatic hydroxyl groups excluding tert-OH is 1. The van der Waals surface area contributed by atoms with Gasteiger partial charge >= 0.3 is 5.69 Å². The molecule has 16 nitrogen and oxygen atoms in total. The summed E-state index contributed by atoms with van der Waals surface area (Å²) in [4.78, 5) is 79.3. The molecule has 2 aliphatic rings. The van der Waals surface area contributed by atoms with Gasteiger partial charge in [-0.05, 0) is 24.6 Å². The Bertz CT molecular complexity index is 2190. The fourth-order valence-corrected chi connectivity index (χ4v) is 6.93. The minimum Gasteiger partial charge on any atom is -0.507 e. The Hall–Kier alpha value is -5.77. The summed E-state index contributed by atoms with van der Waals surface area (Å²) in [6.45, 7) is 2.77. The molecule has 0 radical (unpaired) electrons. The zero-order valence-electron chi connectivity index (χ0n) is 30.0. The maximum absolute atomic E-state index is 14.3. The molecule has 2 aromatic carbocycles. The van der Waals surface area contributed by atoms with Crippen molar-refractivity contribution in [2.75, 3.05) is 21.3 Å². The molecular weight excluding hydrogens is 716 g/mol. The number of phenolic OH excluding ortho intramolecular Hbond substituents is 1. The molecule has 4 N–H and O–H groups in total. The SMILES string of the molecule is COc1cc(C(CC(=O)NC(C)C(=O)NCc2cc(=O)n(C)c(=O)n2C)C2=C(O)C3(Oc4c(Cl)c(OC)cc(OC)c4C3=O)C(C)CC2=O)ccc1O. The summed E-state index contributed by atoms with van der Waals surface area (Å²) >= 11 is 6.57. The topological polar surface area (TPSA) is 214 Å². The number of ketones is 2. The van der Waals surface area contributed by atoms with Crippen molar-refractivity contribution in [3.05, 3.63) is 84.3 Å². The van der Waals surface area contributed by atoms with Gasteiger partial charge in [0.15, 0.2) is 28.8 Å². The number of phenols is 1. The highest BCUT2D eigenvalue weighted by Gasteiger charge is 2.61. The summed E-state index contributed by atoms with van der Waals surface area (Å²) in [6.07, 6.45) is -0.809. The molecule has 2 heterocycles. The number of aromatic hydroxyl groups is 1. The normalized spacial score (nSPS) is 19.0. The molecular formula is C36H39ClN4O12. The maximum Gasteiger partial charge on any atom is 0.330 e. The van der Waals surface area contributed by atoms with Crippen molar-refractivity contribution in [2.45, 2.75) is 50.8 Å². The van der Waals surface area contributed by atoms with Crippen molar-refractivity contribution in [1.82, 2.24) is 19.8 Å². The van der Waals surface area contributed by atoms with Crippen LogP contribution in [0.15, 0.2) is 51.3 Å². The fourth-order valence-electron chi connectivity index (χ4n) is 6.67. The van der Waals surface area contributed by atoms with E-state index in [1.165, 1.54) is 77.2 Å². The smallest absolute Gasteiger partial charge is 0.330 e. The Labute approximate surface area is 307 Å². The molecule has 1 aliphatic carbocycles. The number of aromatic nitrogens is 2. The van der Waals surface area contributed by atoms with E-state index in [-0.39, 0.29) is 69.1 Å². The van der Waals surface area contributed by atoms with Gasteiger partial charge in [0.2, 0.25) is 23.2 Å². The molecule has 4 unspecified atom stereocenters. The average molecular weight is 755 g/mol. The summed E-state index contributed by atoms with van der Waals surface area (Å²) in [6, 6.07) is 5.55. The van der Waals surface area contributed by atoms with E-state index in [0.717, 1.165) is 4.57 Å². The number of nitrogens with one attached hydrogen (secondary N) is 2. The first-order chi connectivity index (χ1) is 25.0. The van der Waals surface area contributed by atoms with E-state index < -0.39 is 70.3 Å². The van der Waals surface area contributed by atoms with Crippen LogP contribution in [-0.2, 0) is 35.0 Å². The lowest BCUT2D eigenvalue weighted by Crippen LogP contribution is -2.53. The van der Waals surface area contributed by atoms with Crippen LogP contribution in [0.4, 0.5) is 0 Å². The van der Waals surface area contributed by atoms with Gasteiger partial charge in [-0.2, -0.15) is 0 Å². The predicted octanol–water partition coefficient (Wildman–Crippen LogP) is 2.20. The quantitative estimate of drug-likeness (QED) is 0.222. The molecule has 1 aromatic heterocycles. The number of halogens is 1. The Balaban J connectivity index is 1.51. The molecule has 1 spiro atoms. The summed E-state index contributed by atoms with van der Waals surface area (Å²) in [7, 11) is 6.76. The van der Waals surface area contributed by atoms with Crippen LogP contribution >= 0.6 is 11.6 Å². The van der Waals surface area contributed by atoms with E-state index in [1.54, 1.807) is 6.92 Å². The van der Waals surface area contributed by atoms with E-state index in [1.807, 2.05) is 0 Å². The third-order valence-electron chi connectivity index (χ3n) is 9.70. The van der Waals surface area contributed by atoms with Gasteiger partial charge in [0.1, 0.15) is 28.1 Å². The fraction of sp³-hybridized carbons (Fsp3) is 0.389. The van der Waals surface area contributed by atoms with E-state index in [4.69, 9.17) is 30.5 Å². The minimum atomic E-state index is -2.14. The zero-order chi connectivity index (χ0) is 39.1. The number of benzene rings is 2. The van der Waals surface area contributed by atoms with Crippen molar-refractivity contribution in [3.63, 3.8) is 0 Å². The number of Topliss-reactive ketones (excluding diaryl/α,β-unsaturated/α-hetero) is 2. The first-order valence-corrected chi connectivity index (χ1v) is 16.7. The zero-order valence-corrected chi connectivity index (χ0v) is 30.7. The van der Waals surface area contributed by atoms with Crippen LogP contribution < -0.4 is 40.8 Å². The number of hydrogen-bond donors (Lipinski definition) is 4. The summed E-state index contributed by atoms with van der Waals surface area (Å²) in [5.74, 6) is -5.76. The number of aliphatic hydroxyl groups is 1. The lowest BCUT2D eigenvalue weighted by molar-refractivity contribution is -0.129. The predicted molar refractivity (Wildman–Crippen MR) is 189 cm³/mol. The van der Waals surface area contributed by atoms with Crippen molar-refractivity contribution in [3.8, 4) is 28.7 Å². The third-order valence-corrected chi connectivity index (χ3v) is 10.1. The highest BCUT2D eigenvalue weighted by molar-refractivity contribution is 6.35. The van der Waals surface area contributed by atoms with Gasteiger partial charge in [-0.25, -0.2) is 4.79 Å². The second-order valence-corrected chi connectivity index (χ2v) is 13.2. The number of amides is 2. The first-order valence-electron chi connectivity index (χ1n) is 16.4. The van der Waals surface area contributed by atoms with Gasteiger partial charge in [-0.3, -0.25) is 33.1 Å². The molecule has 0 saturated carbocycles. The number of carbonyl (C=O) groups is 4. The standard InChI is InChI=1S/C36H39ClN4O12/c1-16-10-22(43)28(32(46)36(16)33(47)29-24(51-6)14-25(52-7)30(37)31(29)53-36)20(18-8-9-21(42)23(11-18)50-5)13-26(44)39-17(2)34(48)38-15-19-12-27(45)41(4)35(49)40(19)3/h8-9,11-12,14,16-17,20,42,46H,10,13,15H2,1-7H3,(H,38,48)(H,39,44). The molecule has 3 aromatic rings. The van der Waals surface area contributed by atoms with Crippen LogP contribution in [-0.4, -0.2) is 75.7 Å². The van der Waals surface area contributed by atoms with E-state index in [9.17, 15) is 39.0 Å². The van der Waals surface area contributed by atoms with E-state index in [0.29, 0.717) is 0 Å². The van der Waals surface area contributed by atoms with Crippen molar-refractivity contribution in [2.24, 2.45) is 20.0 Å². The number of carbonyl (C=O) groups excluding carboxylic acids is 4. The number of rotatable bonds is 11. The minimum absolute atomic E-state index is 0.00133. The molecule has 282 valence electrons. The molecule has 1 aliphatic heterocycles. The van der Waals surface area contributed by atoms with Gasteiger partial charge in [-0.15, -0.1) is 0 Å². The Morgan fingerprint density at radius 1 is 1.00 bits per heavy atom. The molecule has 2 amide bonds. The molecule has 17 heteroatoms. The van der Waals surface area contributed by atoms with Crippen LogP contribution in [0.5, 0.6) is 28.7 Å². The number of hydrogen-bond acceptors (Lipinski definition) is 12. The van der Waals surface area contributed by atoms with Crippen molar-refractivity contribution in [1.29, 1.82) is 0 Å². The molecule has 0 bridgehead atoms. The Morgan fingerprint density at radius 2 is 1.66 bits per heavy atom. The molecule has 4 atom stereocenters. The lowest BCUT2D eigenvalue weighted by Gasteiger charge is -2.38. The number of nitrogens with zero attached hydrogens (tertiary/aromatic N) is 2. The molecule has 5 rings (SSSR count). The summed E-state index contributed by atoms with van der Waals surface area (Å²) in [5, 5.41) is 27.5. The van der Waals surface area contributed by atoms with Crippen LogP contribution in [0, 0.1) is 5.92 Å².